The van der Waals surface area contributed by atoms with Crippen LogP contribution in [0.25, 0.3) is 0 Å². The average Bonchev–Trinajstić information content (AvgIpc) is 2.59. The standard InChI is InChI=1S/C24H34O4/c1-16(2)9-7-10-17(3)11-8-12-18(4)13-14-20-21(28-6)15-19(5)22(23(20)25)24(26)27/h9,11,13,15,25H,7-8,10,12,14H2,1-6H3,(H,26,27)/b17-11+,18-13+. The lowest BCUT2D eigenvalue weighted by molar-refractivity contribution is 0.0692. The number of carbonyl (C=O) groups is 1. The van der Waals surface area contributed by atoms with Crippen molar-refractivity contribution in [3.8, 4) is 11.5 Å². The second-order valence-corrected chi connectivity index (χ2v) is 7.57. The van der Waals surface area contributed by atoms with Crippen LogP contribution in [0.2, 0.25) is 0 Å². The molecule has 2 N–H and O–H groups in total. The van der Waals surface area contributed by atoms with E-state index in [0.717, 1.165) is 25.7 Å². The van der Waals surface area contributed by atoms with Crippen molar-refractivity contribution in [2.75, 3.05) is 7.11 Å². The summed E-state index contributed by atoms with van der Waals surface area (Å²) in [6.45, 7) is 10.1. The number of hydrogen-bond donors (Lipinski definition) is 2. The van der Waals surface area contributed by atoms with Crippen LogP contribution < -0.4 is 4.74 Å². The van der Waals surface area contributed by atoms with Crippen molar-refractivity contribution in [3.05, 3.63) is 57.7 Å². The molecular weight excluding hydrogens is 352 g/mol. The maximum absolute atomic E-state index is 11.4. The molecule has 0 bridgehead atoms. The lowest BCUT2D eigenvalue weighted by Crippen LogP contribution is -2.04. The third kappa shape index (κ3) is 7.26. The number of hydrogen-bond acceptors (Lipinski definition) is 3. The van der Waals surface area contributed by atoms with Gasteiger partial charge in [-0.05, 0) is 78.4 Å². The minimum atomic E-state index is -1.13. The molecule has 28 heavy (non-hydrogen) atoms. The van der Waals surface area contributed by atoms with E-state index in [4.69, 9.17) is 4.74 Å². The Kier molecular flexibility index (Phi) is 9.57. The van der Waals surface area contributed by atoms with Gasteiger partial charge in [0.05, 0.1) is 7.11 Å². The fourth-order valence-corrected chi connectivity index (χ4v) is 3.07. The summed E-state index contributed by atoms with van der Waals surface area (Å²) in [5.41, 5.74) is 4.89. The number of aryl methyl sites for hydroxylation is 1. The Hall–Kier alpha value is -2.49. The van der Waals surface area contributed by atoms with Crippen LogP contribution in [0.3, 0.4) is 0 Å². The van der Waals surface area contributed by atoms with E-state index in [1.807, 2.05) is 6.08 Å². The molecule has 0 spiro atoms. The van der Waals surface area contributed by atoms with Gasteiger partial charge < -0.3 is 14.9 Å². The molecule has 0 aliphatic rings. The third-order valence-corrected chi connectivity index (χ3v) is 4.77. The first-order valence-corrected chi connectivity index (χ1v) is 9.74. The zero-order valence-corrected chi connectivity index (χ0v) is 18.1. The Bertz CT molecular complexity index is 778. The average molecular weight is 387 g/mol. The van der Waals surface area contributed by atoms with Crippen molar-refractivity contribution in [3.63, 3.8) is 0 Å². The van der Waals surface area contributed by atoms with Gasteiger partial charge in [0.15, 0.2) is 0 Å². The van der Waals surface area contributed by atoms with E-state index < -0.39 is 5.97 Å². The van der Waals surface area contributed by atoms with Crippen LogP contribution in [0.4, 0.5) is 0 Å². The molecule has 0 amide bonds. The van der Waals surface area contributed by atoms with Crippen LogP contribution in [0.15, 0.2) is 41.0 Å². The van der Waals surface area contributed by atoms with Crippen LogP contribution in [-0.4, -0.2) is 23.3 Å². The van der Waals surface area contributed by atoms with E-state index in [-0.39, 0.29) is 11.3 Å². The molecule has 4 heteroatoms. The number of carboxylic acid groups (broad SMARTS) is 1. The van der Waals surface area contributed by atoms with Crippen LogP contribution in [0.5, 0.6) is 11.5 Å². The second-order valence-electron chi connectivity index (χ2n) is 7.57. The highest BCUT2D eigenvalue weighted by Gasteiger charge is 2.20. The minimum absolute atomic E-state index is 0.0585. The van der Waals surface area contributed by atoms with Crippen molar-refractivity contribution in [1.29, 1.82) is 0 Å². The maximum Gasteiger partial charge on any atom is 0.339 e. The zero-order chi connectivity index (χ0) is 21.3. The van der Waals surface area contributed by atoms with Gasteiger partial charge in [0.25, 0.3) is 0 Å². The summed E-state index contributed by atoms with van der Waals surface area (Å²) in [5, 5.41) is 19.8. The van der Waals surface area contributed by atoms with Gasteiger partial charge in [0, 0.05) is 5.56 Å². The molecule has 0 heterocycles. The van der Waals surface area contributed by atoms with E-state index in [9.17, 15) is 15.0 Å². The molecular formula is C24H34O4. The predicted octanol–water partition coefficient (Wildman–Crippen LogP) is 6.37. The van der Waals surface area contributed by atoms with Crippen LogP contribution in [-0.2, 0) is 6.42 Å². The molecule has 0 aromatic heterocycles. The number of rotatable bonds is 10. The molecule has 0 aliphatic heterocycles. The molecule has 0 fully saturated rings. The summed E-state index contributed by atoms with van der Waals surface area (Å²) >= 11 is 0. The Morgan fingerprint density at radius 1 is 1.04 bits per heavy atom. The molecule has 1 rings (SSSR count). The topological polar surface area (TPSA) is 66.8 Å². The zero-order valence-electron chi connectivity index (χ0n) is 18.1. The number of methoxy groups -OCH3 is 1. The highest BCUT2D eigenvalue weighted by Crippen LogP contribution is 2.35. The van der Waals surface area contributed by atoms with Gasteiger partial charge in [-0.2, -0.15) is 0 Å². The van der Waals surface area contributed by atoms with Crippen molar-refractivity contribution >= 4 is 5.97 Å². The van der Waals surface area contributed by atoms with Crippen molar-refractivity contribution in [2.45, 2.75) is 66.7 Å². The van der Waals surface area contributed by atoms with Gasteiger partial charge in [-0.25, -0.2) is 4.79 Å². The van der Waals surface area contributed by atoms with Gasteiger partial charge in [0.2, 0.25) is 0 Å². The van der Waals surface area contributed by atoms with Crippen molar-refractivity contribution < 1.29 is 19.7 Å². The number of benzene rings is 1. The molecule has 4 nitrogen and oxygen atoms in total. The normalized spacial score (nSPS) is 12.1. The largest absolute Gasteiger partial charge is 0.507 e. The van der Waals surface area contributed by atoms with Gasteiger partial charge in [-0.3, -0.25) is 0 Å². The Morgan fingerprint density at radius 3 is 2.14 bits per heavy atom. The van der Waals surface area contributed by atoms with E-state index in [1.54, 1.807) is 13.0 Å². The number of ether oxygens (including phenoxy) is 1. The van der Waals surface area contributed by atoms with Gasteiger partial charge in [-0.1, -0.05) is 34.9 Å². The number of aromatic carboxylic acids is 1. The highest BCUT2D eigenvalue weighted by molar-refractivity contribution is 5.93. The Balaban J connectivity index is 2.79. The molecule has 0 radical (unpaired) electrons. The van der Waals surface area contributed by atoms with E-state index >= 15 is 0 Å². The number of allylic oxidation sites excluding steroid dienone is 6. The molecule has 1 aromatic carbocycles. The summed E-state index contributed by atoms with van der Waals surface area (Å²) in [6, 6.07) is 1.67. The second kappa shape index (κ2) is 11.4. The molecule has 154 valence electrons. The first-order chi connectivity index (χ1) is 13.2. The summed E-state index contributed by atoms with van der Waals surface area (Å²) in [6.07, 6.45) is 11.1. The third-order valence-electron chi connectivity index (χ3n) is 4.77. The highest BCUT2D eigenvalue weighted by atomic mass is 16.5. The van der Waals surface area contributed by atoms with Crippen LogP contribution in [0.1, 0.15) is 74.9 Å². The quantitative estimate of drug-likeness (QED) is 0.459. The summed E-state index contributed by atoms with van der Waals surface area (Å²) in [5.74, 6) is -0.823. The number of aromatic hydroxyl groups is 1. The SMILES string of the molecule is COc1cc(C)c(C(=O)O)c(O)c1C/C=C(\C)CC/C=C(\C)CCC=C(C)C. The first-order valence-electron chi connectivity index (χ1n) is 9.74. The number of carboxylic acids is 1. The van der Waals surface area contributed by atoms with E-state index in [2.05, 4.69) is 39.8 Å². The molecule has 0 saturated heterocycles. The fraction of sp³-hybridized carbons (Fsp3) is 0.458. The molecule has 0 atom stereocenters. The van der Waals surface area contributed by atoms with Crippen LogP contribution >= 0.6 is 0 Å². The van der Waals surface area contributed by atoms with E-state index in [1.165, 1.54) is 23.8 Å². The Morgan fingerprint density at radius 2 is 1.61 bits per heavy atom. The molecule has 1 aromatic rings. The lowest BCUT2D eigenvalue weighted by Gasteiger charge is -2.14. The van der Waals surface area contributed by atoms with E-state index in [0.29, 0.717) is 23.3 Å². The first kappa shape index (κ1) is 23.5. The minimum Gasteiger partial charge on any atom is -0.507 e. The maximum atomic E-state index is 11.4. The van der Waals surface area contributed by atoms with Gasteiger partial charge in [0.1, 0.15) is 17.1 Å². The summed E-state index contributed by atoms with van der Waals surface area (Å²) in [4.78, 5) is 11.4. The van der Waals surface area contributed by atoms with Crippen molar-refractivity contribution in [2.24, 2.45) is 0 Å². The lowest BCUT2D eigenvalue weighted by atomic mass is 9.98. The van der Waals surface area contributed by atoms with Gasteiger partial charge >= 0.3 is 5.97 Å². The fourth-order valence-electron chi connectivity index (χ4n) is 3.07. The molecule has 0 aliphatic carbocycles. The predicted molar refractivity (Wildman–Crippen MR) is 115 cm³/mol. The number of phenols is 1. The molecule has 0 unspecified atom stereocenters. The van der Waals surface area contributed by atoms with Crippen LogP contribution in [0, 0.1) is 6.92 Å². The summed E-state index contributed by atoms with van der Waals surface area (Å²) in [7, 11) is 1.53. The van der Waals surface area contributed by atoms with Crippen molar-refractivity contribution in [1.82, 2.24) is 0 Å². The smallest absolute Gasteiger partial charge is 0.339 e. The Labute approximate surface area is 169 Å². The monoisotopic (exact) mass is 386 g/mol. The van der Waals surface area contributed by atoms with Gasteiger partial charge in [-0.15, -0.1) is 0 Å². The molecule has 0 saturated carbocycles. The summed E-state index contributed by atoms with van der Waals surface area (Å²) < 4.78 is 5.34.